The first-order chi connectivity index (χ1) is 9.70. The van der Waals surface area contributed by atoms with E-state index < -0.39 is 0 Å². The molecule has 2 N–H and O–H groups in total. The maximum absolute atomic E-state index is 9.07. The van der Waals surface area contributed by atoms with Crippen LogP contribution >= 0.6 is 0 Å². The number of fused-ring (bicyclic) bond motifs is 1. The molecule has 0 saturated heterocycles. The van der Waals surface area contributed by atoms with E-state index in [2.05, 4.69) is 11.1 Å². The molecule has 0 aliphatic carbocycles. The number of hydrogen-bond donors (Lipinski definition) is 1. The highest BCUT2D eigenvalue weighted by Crippen LogP contribution is 2.25. The number of nitrogens with zero attached hydrogens (tertiary/aromatic N) is 3. The van der Waals surface area contributed by atoms with Crippen LogP contribution in [0.2, 0.25) is 0 Å². The zero-order valence-corrected chi connectivity index (χ0v) is 11.1. The Balaban J connectivity index is 2.37. The van der Waals surface area contributed by atoms with Gasteiger partial charge >= 0.3 is 0 Å². The Hall–Kier alpha value is -2.64. The fourth-order valence-corrected chi connectivity index (χ4v) is 2.32. The molecule has 0 spiro atoms. The third-order valence-corrected chi connectivity index (χ3v) is 3.23. The predicted molar refractivity (Wildman–Crippen MR) is 78.4 cm³/mol. The molecule has 0 fully saturated rings. The van der Waals surface area contributed by atoms with Gasteiger partial charge in [0.2, 0.25) is 0 Å². The molecule has 3 rings (SSSR count). The number of nitrogens with two attached hydrogens (primary N) is 1. The van der Waals surface area contributed by atoms with Gasteiger partial charge in [-0.3, -0.25) is 4.57 Å². The van der Waals surface area contributed by atoms with Crippen molar-refractivity contribution in [1.82, 2.24) is 9.55 Å². The van der Waals surface area contributed by atoms with E-state index in [1.807, 2.05) is 54.0 Å². The Kier molecular flexibility index (Phi) is 2.97. The number of imidazole rings is 1. The van der Waals surface area contributed by atoms with E-state index in [1.165, 1.54) is 0 Å². The van der Waals surface area contributed by atoms with Gasteiger partial charge in [0.25, 0.3) is 0 Å². The fourth-order valence-electron chi connectivity index (χ4n) is 2.32. The van der Waals surface area contributed by atoms with E-state index in [-0.39, 0.29) is 6.04 Å². The van der Waals surface area contributed by atoms with Crippen molar-refractivity contribution >= 4 is 11.0 Å². The van der Waals surface area contributed by atoms with Crippen LogP contribution in [0.15, 0.2) is 48.5 Å². The second kappa shape index (κ2) is 4.80. The van der Waals surface area contributed by atoms with Crippen molar-refractivity contribution in [3.8, 4) is 11.8 Å². The SMILES string of the molecule is C[C@H](N)c1nc2ccc(C#N)cc2n1-c1ccccc1. The molecule has 98 valence electrons. The number of rotatable bonds is 2. The third-order valence-electron chi connectivity index (χ3n) is 3.23. The standard InChI is InChI=1S/C16H14N4/c1-11(18)16-19-14-8-7-12(10-17)9-15(14)20(16)13-5-3-2-4-6-13/h2-9,11H,18H2,1H3/t11-/m0/s1. The molecule has 4 heteroatoms. The molecule has 1 atom stereocenters. The summed E-state index contributed by atoms with van der Waals surface area (Å²) in [4.78, 5) is 4.59. The van der Waals surface area contributed by atoms with Gasteiger partial charge in [-0.2, -0.15) is 5.26 Å². The van der Waals surface area contributed by atoms with Crippen LogP contribution < -0.4 is 5.73 Å². The summed E-state index contributed by atoms with van der Waals surface area (Å²) in [7, 11) is 0. The average Bonchev–Trinajstić information content (AvgIpc) is 2.86. The summed E-state index contributed by atoms with van der Waals surface area (Å²) in [5, 5.41) is 9.07. The van der Waals surface area contributed by atoms with Gasteiger partial charge in [-0.15, -0.1) is 0 Å². The van der Waals surface area contributed by atoms with Crippen LogP contribution in [0.25, 0.3) is 16.7 Å². The van der Waals surface area contributed by atoms with Gasteiger partial charge < -0.3 is 5.73 Å². The quantitative estimate of drug-likeness (QED) is 0.772. The zero-order valence-electron chi connectivity index (χ0n) is 11.1. The summed E-state index contributed by atoms with van der Waals surface area (Å²) in [5.74, 6) is 0.793. The van der Waals surface area contributed by atoms with Crippen molar-refractivity contribution in [2.24, 2.45) is 5.73 Å². The number of benzene rings is 2. The monoisotopic (exact) mass is 262 g/mol. The second-order valence-electron chi connectivity index (χ2n) is 4.74. The lowest BCUT2D eigenvalue weighted by Crippen LogP contribution is -2.12. The van der Waals surface area contributed by atoms with Crippen LogP contribution in [-0.4, -0.2) is 9.55 Å². The number of hydrogen-bond acceptors (Lipinski definition) is 3. The minimum Gasteiger partial charge on any atom is -0.322 e. The van der Waals surface area contributed by atoms with E-state index in [0.717, 1.165) is 22.5 Å². The minimum absolute atomic E-state index is 0.187. The molecule has 0 saturated carbocycles. The van der Waals surface area contributed by atoms with Gasteiger partial charge in [-0.05, 0) is 37.3 Å². The van der Waals surface area contributed by atoms with Crippen molar-refractivity contribution in [1.29, 1.82) is 5.26 Å². The van der Waals surface area contributed by atoms with Crippen LogP contribution in [-0.2, 0) is 0 Å². The molecule has 3 aromatic rings. The molecule has 1 aromatic heterocycles. The van der Waals surface area contributed by atoms with Crippen molar-refractivity contribution in [3.63, 3.8) is 0 Å². The van der Waals surface area contributed by atoms with E-state index in [9.17, 15) is 0 Å². The van der Waals surface area contributed by atoms with Crippen molar-refractivity contribution in [3.05, 3.63) is 59.9 Å². The van der Waals surface area contributed by atoms with Crippen LogP contribution in [0.1, 0.15) is 24.4 Å². The largest absolute Gasteiger partial charge is 0.322 e. The molecular weight excluding hydrogens is 248 g/mol. The minimum atomic E-state index is -0.187. The Labute approximate surface area is 117 Å². The molecule has 2 aromatic carbocycles. The Morgan fingerprint density at radius 3 is 2.60 bits per heavy atom. The van der Waals surface area contributed by atoms with Crippen molar-refractivity contribution < 1.29 is 0 Å². The molecule has 20 heavy (non-hydrogen) atoms. The third kappa shape index (κ3) is 1.94. The summed E-state index contributed by atoms with van der Waals surface area (Å²) in [6, 6.07) is 17.4. The maximum atomic E-state index is 9.07. The number of aromatic nitrogens is 2. The lowest BCUT2D eigenvalue weighted by atomic mass is 10.2. The maximum Gasteiger partial charge on any atom is 0.131 e. The highest BCUT2D eigenvalue weighted by atomic mass is 15.1. The van der Waals surface area contributed by atoms with Gasteiger partial charge in [0, 0.05) is 5.69 Å². The molecule has 0 aliphatic heterocycles. The molecule has 0 amide bonds. The van der Waals surface area contributed by atoms with E-state index >= 15 is 0 Å². The predicted octanol–water partition coefficient (Wildman–Crippen LogP) is 2.92. The first kappa shape index (κ1) is 12.4. The normalized spacial score (nSPS) is 12.2. The summed E-state index contributed by atoms with van der Waals surface area (Å²) in [6.45, 7) is 1.91. The summed E-state index contributed by atoms with van der Waals surface area (Å²) >= 11 is 0. The molecule has 0 bridgehead atoms. The van der Waals surface area contributed by atoms with Crippen molar-refractivity contribution in [2.45, 2.75) is 13.0 Å². The highest BCUT2D eigenvalue weighted by Gasteiger charge is 2.15. The average molecular weight is 262 g/mol. The Bertz CT molecular complexity index is 794. The van der Waals surface area contributed by atoms with E-state index in [4.69, 9.17) is 11.0 Å². The molecular formula is C16H14N4. The van der Waals surface area contributed by atoms with E-state index in [0.29, 0.717) is 5.56 Å². The van der Waals surface area contributed by atoms with Gasteiger partial charge in [0.15, 0.2) is 0 Å². The lowest BCUT2D eigenvalue weighted by Gasteiger charge is -2.11. The Morgan fingerprint density at radius 2 is 1.95 bits per heavy atom. The summed E-state index contributed by atoms with van der Waals surface area (Å²) < 4.78 is 2.01. The summed E-state index contributed by atoms with van der Waals surface area (Å²) in [5.41, 5.74) is 9.40. The van der Waals surface area contributed by atoms with Crippen LogP contribution in [0.3, 0.4) is 0 Å². The topological polar surface area (TPSA) is 67.6 Å². The molecule has 1 heterocycles. The van der Waals surface area contributed by atoms with Crippen LogP contribution in [0, 0.1) is 11.3 Å². The van der Waals surface area contributed by atoms with Crippen LogP contribution in [0.4, 0.5) is 0 Å². The highest BCUT2D eigenvalue weighted by molar-refractivity contribution is 5.80. The van der Waals surface area contributed by atoms with E-state index in [1.54, 1.807) is 6.07 Å². The number of para-hydroxylation sites is 1. The van der Waals surface area contributed by atoms with Gasteiger partial charge in [-0.25, -0.2) is 4.98 Å². The van der Waals surface area contributed by atoms with Gasteiger partial charge in [-0.1, -0.05) is 18.2 Å². The zero-order chi connectivity index (χ0) is 14.1. The van der Waals surface area contributed by atoms with Gasteiger partial charge in [0.05, 0.1) is 28.7 Å². The molecule has 0 unspecified atom stereocenters. The van der Waals surface area contributed by atoms with Crippen LogP contribution in [0.5, 0.6) is 0 Å². The smallest absolute Gasteiger partial charge is 0.131 e. The lowest BCUT2D eigenvalue weighted by molar-refractivity contribution is 0.727. The fraction of sp³-hybridized carbons (Fsp3) is 0.125. The molecule has 4 nitrogen and oxygen atoms in total. The van der Waals surface area contributed by atoms with Crippen molar-refractivity contribution in [2.75, 3.05) is 0 Å². The summed E-state index contributed by atoms with van der Waals surface area (Å²) in [6.07, 6.45) is 0. The van der Waals surface area contributed by atoms with Gasteiger partial charge in [0.1, 0.15) is 5.82 Å². The molecule has 0 aliphatic rings. The molecule has 0 radical (unpaired) electrons. The first-order valence-electron chi connectivity index (χ1n) is 6.44. The Morgan fingerprint density at radius 1 is 1.20 bits per heavy atom. The number of nitriles is 1. The second-order valence-corrected chi connectivity index (χ2v) is 4.74. The first-order valence-corrected chi connectivity index (χ1v) is 6.44.